The van der Waals surface area contributed by atoms with Crippen LogP contribution in [0.3, 0.4) is 0 Å². The molecule has 1 rings (SSSR count). The minimum absolute atomic E-state index is 0.219. The number of hydrogen-bond acceptors (Lipinski definition) is 1. The highest BCUT2D eigenvalue weighted by Gasteiger charge is 2.44. The summed E-state index contributed by atoms with van der Waals surface area (Å²) < 4.78 is 2.80. The van der Waals surface area contributed by atoms with Crippen molar-refractivity contribution in [3.05, 3.63) is 21.9 Å². The lowest BCUT2D eigenvalue weighted by atomic mass is 10.0. The normalized spacial score (nSPS) is 21.8. The Hall–Kier alpha value is -0.343. The first-order valence-corrected chi connectivity index (χ1v) is 11.0. The third-order valence-corrected chi connectivity index (χ3v) is 9.50. The van der Waals surface area contributed by atoms with Gasteiger partial charge in [0.05, 0.1) is 0 Å². The fourth-order valence-electron chi connectivity index (χ4n) is 4.68. The van der Waals surface area contributed by atoms with Gasteiger partial charge >= 0.3 is 0 Å². The van der Waals surface area contributed by atoms with Crippen LogP contribution in [0.4, 0.5) is 0 Å². The van der Waals surface area contributed by atoms with Crippen LogP contribution >= 0.6 is 0 Å². The minimum atomic E-state index is -1.65. The number of allylic oxidation sites excluding steroid dienone is 4. The monoisotopic (exact) mass is 293 g/mol. The molecule has 116 valence electrons. The smallest absolute Gasteiger partial charge is 0.155 e. The molecule has 0 heterocycles. The average molecular weight is 294 g/mol. The molecule has 0 N–H and O–H groups in total. The van der Waals surface area contributed by atoms with Crippen LogP contribution in [0.2, 0.25) is 13.1 Å². The van der Waals surface area contributed by atoms with Gasteiger partial charge in [-0.05, 0) is 58.7 Å². The molecule has 2 heteroatoms. The van der Waals surface area contributed by atoms with Gasteiger partial charge in [0.1, 0.15) is 0 Å². The molecule has 1 aliphatic carbocycles. The van der Waals surface area contributed by atoms with E-state index in [0.717, 1.165) is 0 Å². The van der Waals surface area contributed by atoms with Crippen molar-refractivity contribution in [2.75, 3.05) is 0 Å². The van der Waals surface area contributed by atoms with Gasteiger partial charge in [-0.2, -0.15) is 0 Å². The van der Waals surface area contributed by atoms with E-state index in [1.807, 2.05) is 0 Å². The summed E-state index contributed by atoms with van der Waals surface area (Å²) in [5.41, 5.74) is 4.99. The first-order chi connectivity index (χ1) is 8.83. The second-order valence-corrected chi connectivity index (χ2v) is 12.4. The van der Waals surface area contributed by atoms with Crippen molar-refractivity contribution in [3.8, 4) is 0 Å². The molecule has 1 atom stereocenters. The zero-order chi connectivity index (χ0) is 16.0. The summed E-state index contributed by atoms with van der Waals surface area (Å²) >= 11 is 0. The standard InChI is InChI=1S/C18H35NSi/c1-12(2)19(18(7,8)9)20(10,11)17-15(5)13(3)14(4)16(17)6/h12-13H,1-11H3. The molecule has 0 aliphatic heterocycles. The largest absolute Gasteiger partial charge is 0.313 e. The van der Waals surface area contributed by atoms with E-state index in [1.54, 1.807) is 21.9 Å². The van der Waals surface area contributed by atoms with E-state index in [4.69, 9.17) is 0 Å². The van der Waals surface area contributed by atoms with Gasteiger partial charge in [-0.1, -0.05) is 50.6 Å². The zero-order valence-electron chi connectivity index (χ0n) is 15.6. The summed E-state index contributed by atoms with van der Waals surface area (Å²) in [6.07, 6.45) is 0. The van der Waals surface area contributed by atoms with E-state index < -0.39 is 8.24 Å². The highest BCUT2D eigenvalue weighted by atomic mass is 28.3. The highest BCUT2D eigenvalue weighted by molar-refractivity contribution is 6.83. The van der Waals surface area contributed by atoms with Gasteiger partial charge in [-0.15, -0.1) is 0 Å². The molecule has 0 amide bonds. The summed E-state index contributed by atoms with van der Waals surface area (Å²) in [6.45, 7) is 26.2. The van der Waals surface area contributed by atoms with E-state index in [0.29, 0.717) is 12.0 Å². The number of rotatable bonds is 3. The second kappa shape index (κ2) is 5.45. The van der Waals surface area contributed by atoms with Crippen LogP contribution in [0.5, 0.6) is 0 Å². The average Bonchev–Trinajstić information content (AvgIpc) is 2.39. The molecule has 0 radical (unpaired) electrons. The molecule has 0 saturated carbocycles. The van der Waals surface area contributed by atoms with E-state index in [1.165, 1.54) is 0 Å². The van der Waals surface area contributed by atoms with Crippen molar-refractivity contribution in [2.24, 2.45) is 5.92 Å². The molecule has 0 saturated heterocycles. The Morgan fingerprint density at radius 2 is 1.45 bits per heavy atom. The topological polar surface area (TPSA) is 3.24 Å². The lowest BCUT2D eigenvalue weighted by molar-refractivity contribution is 0.200. The van der Waals surface area contributed by atoms with Crippen LogP contribution in [0, 0.1) is 5.92 Å². The predicted molar refractivity (Wildman–Crippen MR) is 94.4 cm³/mol. The Morgan fingerprint density at radius 1 is 1.00 bits per heavy atom. The van der Waals surface area contributed by atoms with Crippen LogP contribution in [0.25, 0.3) is 0 Å². The summed E-state index contributed by atoms with van der Waals surface area (Å²) in [5, 5.41) is 1.70. The molecule has 20 heavy (non-hydrogen) atoms. The zero-order valence-corrected chi connectivity index (χ0v) is 16.6. The third-order valence-electron chi connectivity index (χ3n) is 5.11. The van der Waals surface area contributed by atoms with Gasteiger partial charge < -0.3 is 4.57 Å². The fraction of sp³-hybridized carbons (Fsp3) is 0.778. The minimum Gasteiger partial charge on any atom is -0.313 e. The maximum atomic E-state index is 2.80. The molecule has 0 aromatic carbocycles. The Balaban J connectivity index is 3.43. The summed E-state index contributed by atoms with van der Waals surface area (Å²) in [6, 6.07) is 0.584. The molecule has 0 aromatic heterocycles. The van der Waals surface area contributed by atoms with Crippen molar-refractivity contribution in [1.29, 1.82) is 0 Å². The SMILES string of the molecule is CC1=C(C)C(C)C(C)=C1[Si](C)(C)N(C(C)C)C(C)(C)C. The Labute approximate surface area is 128 Å². The molecule has 1 nitrogen and oxygen atoms in total. The third kappa shape index (κ3) is 2.82. The lowest BCUT2D eigenvalue weighted by Gasteiger charge is -2.50. The maximum Gasteiger partial charge on any atom is 0.155 e. The van der Waals surface area contributed by atoms with Gasteiger partial charge in [0.15, 0.2) is 8.24 Å². The van der Waals surface area contributed by atoms with Crippen molar-refractivity contribution >= 4 is 8.24 Å². The van der Waals surface area contributed by atoms with E-state index >= 15 is 0 Å². The molecular weight excluding hydrogens is 258 g/mol. The van der Waals surface area contributed by atoms with Crippen molar-refractivity contribution < 1.29 is 0 Å². The Bertz CT molecular complexity index is 447. The van der Waals surface area contributed by atoms with Crippen molar-refractivity contribution in [3.63, 3.8) is 0 Å². The van der Waals surface area contributed by atoms with Crippen LogP contribution in [-0.4, -0.2) is 24.4 Å². The molecule has 0 fully saturated rings. The number of hydrogen-bond donors (Lipinski definition) is 0. The maximum absolute atomic E-state index is 2.80. The fourth-order valence-corrected chi connectivity index (χ4v) is 10.2. The molecule has 0 bridgehead atoms. The predicted octanol–water partition coefficient (Wildman–Crippen LogP) is 5.54. The molecule has 0 aromatic rings. The van der Waals surface area contributed by atoms with Gasteiger partial charge in [0.25, 0.3) is 0 Å². The lowest BCUT2D eigenvalue weighted by Crippen LogP contribution is -2.62. The van der Waals surface area contributed by atoms with Crippen molar-refractivity contribution in [2.45, 2.75) is 87.0 Å². The van der Waals surface area contributed by atoms with Gasteiger partial charge in [-0.25, -0.2) is 0 Å². The van der Waals surface area contributed by atoms with Crippen LogP contribution in [0.15, 0.2) is 21.9 Å². The second-order valence-electron chi connectivity index (χ2n) is 8.28. The first-order valence-electron chi connectivity index (χ1n) is 8.01. The molecule has 0 spiro atoms. The van der Waals surface area contributed by atoms with Crippen LogP contribution in [-0.2, 0) is 0 Å². The van der Waals surface area contributed by atoms with Gasteiger partial charge in [0, 0.05) is 5.54 Å². The Morgan fingerprint density at radius 3 is 1.70 bits per heavy atom. The quantitative estimate of drug-likeness (QED) is 0.617. The van der Waals surface area contributed by atoms with Crippen LogP contribution in [0.1, 0.15) is 62.3 Å². The van der Waals surface area contributed by atoms with Gasteiger partial charge in [0.2, 0.25) is 0 Å². The first kappa shape index (κ1) is 17.7. The number of nitrogens with zero attached hydrogens (tertiary/aromatic N) is 1. The van der Waals surface area contributed by atoms with E-state index in [9.17, 15) is 0 Å². The summed E-state index contributed by atoms with van der Waals surface area (Å²) in [7, 11) is -1.65. The van der Waals surface area contributed by atoms with Gasteiger partial charge in [-0.3, -0.25) is 0 Å². The molecule has 1 aliphatic rings. The van der Waals surface area contributed by atoms with E-state index in [2.05, 4.69) is 80.0 Å². The molecular formula is C18H35NSi. The van der Waals surface area contributed by atoms with Crippen LogP contribution < -0.4 is 0 Å². The summed E-state index contributed by atoms with van der Waals surface area (Å²) in [5.74, 6) is 0.630. The van der Waals surface area contributed by atoms with Crippen molar-refractivity contribution in [1.82, 2.24) is 4.57 Å². The summed E-state index contributed by atoms with van der Waals surface area (Å²) in [4.78, 5) is 0. The van der Waals surface area contributed by atoms with E-state index in [-0.39, 0.29) is 5.54 Å². The highest BCUT2D eigenvalue weighted by Crippen LogP contribution is 2.43. The molecule has 1 unspecified atom stereocenters. The Kier molecular flexibility index (Phi) is 4.83.